The molecule has 0 aromatic heterocycles. The van der Waals surface area contributed by atoms with Gasteiger partial charge in [0, 0.05) is 62.2 Å². The molecule has 2 heterocycles. The molecule has 0 aromatic carbocycles. The van der Waals surface area contributed by atoms with Crippen LogP contribution in [0.4, 0.5) is 0 Å². The van der Waals surface area contributed by atoms with E-state index in [0.29, 0.717) is 30.7 Å². The predicted molar refractivity (Wildman–Crippen MR) is 105 cm³/mol. The van der Waals surface area contributed by atoms with Crippen molar-refractivity contribution in [2.45, 2.75) is 88.4 Å². The fourth-order valence-corrected chi connectivity index (χ4v) is 4.18. The number of hydrogen-bond acceptors (Lipinski definition) is 5. The number of aliphatic imine (C=N–C) groups is 2. The Hall–Kier alpha value is -1.91. The molecule has 0 bridgehead atoms. The van der Waals surface area contributed by atoms with E-state index in [1.165, 1.54) is 25.7 Å². The number of rotatable bonds is 8. The van der Waals surface area contributed by atoms with Crippen molar-refractivity contribution in [2.75, 3.05) is 0 Å². The van der Waals surface area contributed by atoms with Gasteiger partial charge >= 0.3 is 0 Å². The Kier molecular flexibility index (Phi) is 4.49. The van der Waals surface area contributed by atoms with Crippen molar-refractivity contribution in [3.05, 3.63) is 24.8 Å². The highest BCUT2D eigenvalue weighted by molar-refractivity contribution is 5.81. The molecule has 4 aliphatic rings. The van der Waals surface area contributed by atoms with Crippen LogP contribution in [0, 0.1) is 0 Å². The van der Waals surface area contributed by atoms with Gasteiger partial charge in [0.05, 0.1) is 11.1 Å². The highest BCUT2D eigenvalue weighted by Crippen LogP contribution is 2.37. The van der Waals surface area contributed by atoms with Crippen molar-refractivity contribution >= 4 is 18.2 Å². The summed E-state index contributed by atoms with van der Waals surface area (Å²) in [6, 6.07) is 1.27. The topological polar surface area (TPSA) is 48.3 Å². The van der Waals surface area contributed by atoms with Gasteiger partial charge in [-0.3, -0.25) is 14.8 Å². The summed E-state index contributed by atoms with van der Waals surface area (Å²) in [5.41, 5.74) is -0.241. The fraction of sp³-hybridized carbons (Fsp3) is 0.667. The van der Waals surface area contributed by atoms with Crippen LogP contribution in [0.15, 0.2) is 34.8 Å². The zero-order valence-electron chi connectivity index (χ0n) is 16.0. The van der Waals surface area contributed by atoms with Gasteiger partial charge in [-0.25, -0.2) is 0 Å². The van der Waals surface area contributed by atoms with E-state index in [-0.39, 0.29) is 11.1 Å². The molecule has 0 radical (unpaired) electrons. The van der Waals surface area contributed by atoms with Crippen LogP contribution in [0.25, 0.3) is 0 Å². The van der Waals surface area contributed by atoms with E-state index in [1.807, 2.05) is 24.8 Å². The van der Waals surface area contributed by atoms with Crippen LogP contribution in [-0.2, 0) is 4.79 Å². The van der Waals surface area contributed by atoms with E-state index in [0.717, 1.165) is 12.8 Å². The first-order valence-corrected chi connectivity index (χ1v) is 10.0. The molecule has 4 rings (SSSR count). The minimum Gasteiger partial charge on any atom is -0.363 e. The lowest BCUT2D eigenvalue weighted by Crippen LogP contribution is -2.48. The molecule has 2 atom stereocenters. The minimum absolute atomic E-state index is 0.120. The number of carbonyl (C=O) groups is 1. The van der Waals surface area contributed by atoms with Gasteiger partial charge in [-0.2, -0.15) is 0 Å². The van der Waals surface area contributed by atoms with Crippen molar-refractivity contribution < 1.29 is 4.79 Å². The SMILES string of the molecule is CC1(CCC(=O)CCC2(C)C=NC=CN2C2CC2)C=NC=CN1C1CC1. The normalized spacial score (nSPS) is 33.2. The van der Waals surface area contributed by atoms with Gasteiger partial charge < -0.3 is 9.80 Å². The average molecular weight is 354 g/mol. The number of Topliss-reactive ketones (excluding diaryl/α,β-unsaturated/α-hetero) is 1. The Morgan fingerprint density at radius 2 is 1.31 bits per heavy atom. The molecule has 0 spiro atoms. The Labute approximate surface area is 156 Å². The zero-order chi connectivity index (χ0) is 18.2. The largest absolute Gasteiger partial charge is 0.363 e. The van der Waals surface area contributed by atoms with Crippen LogP contribution >= 0.6 is 0 Å². The summed E-state index contributed by atoms with van der Waals surface area (Å²) in [5.74, 6) is 0.352. The zero-order valence-corrected chi connectivity index (χ0v) is 16.0. The third kappa shape index (κ3) is 3.62. The predicted octanol–water partition coefficient (Wildman–Crippen LogP) is 3.67. The van der Waals surface area contributed by atoms with Crippen molar-refractivity contribution in [1.82, 2.24) is 9.80 Å². The maximum absolute atomic E-state index is 12.6. The molecule has 5 heteroatoms. The second-order valence-corrected chi connectivity index (χ2v) is 8.68. The number of nitrogens with zero attached hydrogens (tertiary/aromatic N) is 4. The Balaban J connectivity index is 1.30. The molecule has 5 nitrogen and oxygen atoms in total. The van der Waals surface area contributed by atoms with Crippen molar-refractivity contribution in [2.24, 2.45) is 9.98 Å². The van der Waals surface area contributed by atoms with Gasteiger partial charge in [-0.15, -0.1) is 0 Å². The second kappa shape index (κ2) is 6.67. The molecule has 2 fully saturated rings. The molecule has 2 saturated carbocycles. The van der Waals surface area contributed by atoms with Gasteiger partial charge in [0.25, 0.3) is 0 Å². The lowest BCUT2D eigenvalue weighted by atomic mass is 9.89. The molecular weight excluding hydrogens is 324 g/mol. The highest BCUT2D eigenvalue weighted by atomic mass is 16.1. The summed E-state index contributed by atoms with van der Waals surface area (Å²) in [7, 11) is 0. The van der Waals surface area contributed by atoms with Gasteiger partial charge in [-0.05, 0) is 52.4 Å². The standard InChI is InChI=1S/C21H30N4O/c1-20(15-22-11-13-24(20)17-3-4-17)9-7-19(26)8-10-21(2)16-23-12-14-25(21)18-5-6-18/h11-18H,3-10H2,1-2H3. The van der Waals surface area contributed by atoms with Crippen LogP contribution in [0.1, 0.15) is 65.2 Å². The first-order valence-electron chi connectivity index (χ1n) is 10.0. The van der Waals surface area contributed by atoms with Crippen molar-refractivity contribution in [3.8, 4) is 0 Å². The number of carbonyl (C=O) groups excluding carboxylic acids is 1. The molecule has 140 valence electrons. The number of ketones is 1. The first kappa shape index (κ1) is 17.5. The maximum Gasteiger partial charge on any atom is 0.133 e. The summed E-state index contributed by atoms with van der Waals surface area (Å²) in [6.07, 6.45) is 19.9. The third-order valence-corrected chi connectivity index (χ3v) is 6.21. The Bertz CT molecular complexity index is 617. The molecular formula is C21H30N4O. The molecule has 0 amide bonds. The summed E-state index contributed by atoms with van der Waals surface area (Å²) >= 11 is 0. The summed E-state index contributed by atoms with van der Waals surface area (Å²) < 4.78 is 0. The van der Waals surface area contributed by atoms with Crippen LogP contribution < -0.4 is 0 Å². The van der Waals surface area contributed by atoms with Gasteiger partial charge in [0.15, 0.2) is 0 Å². The molecule has 2 aliphatic heterocycles. The van der Waals surface area contributed by atoms with E-state index < -0.39 is 0 Å². The van der Waals surface area contributed by atoms with Crippen LogP contribution in [0.5, 0.6) is 0 Å². The summed E-state index contributed by atoms with van der Waals surface area (Å²) in [4.78, 5) is 26.1. The van der Waals surface area contributed by atoms with E-state index in [2.05, 4.69) is 46.0 Å². The summed E-state index contributed by atoms with van der Waals surface area (Å²) in [5, 5.41) is 0. The lowest BCUT2D eigenvalue weighted by molar-refractivity contribution is -0.120. The quantitative estimate of drug-likeness (QED) is 0.668. The Morgan fingerprint density at radius 3 is 1.69 bits per heavy atom. The molecule has 2 unspecified atom stereocenters. The first-order chi connectivity index (χ1) is 12.5. The minimum atomic E-state index is -0.120. The van der Waals surface area contributed by atoms with Crippen LogP contribution in [0.2, 0.25) is 0 Å². The molecule has 0 saturated heterocycles. The monoisotopic (exact) mass is 354 g/mol. The van der Waals surface area contributed by atoms with Crippen molar-refractivity contribution in [3.63, 3.8) is 0 Å². The third-order valence-electron chi connectivity index (χ3n) is 6.21. The molecule has 2 aliphatic carbocycles. The van der Waals surface area contributed by atoms with E-state index in [9.17, 15) is 4.79 Å². The van der Waals surface area contributed by atoms with Gasteiger partial charge in [0.2, 0.25) is 0 Å². The summed E-state index contributed by atoms with van der Waals surface area (Å²) in [6.45, 7) is 4.42. The van der Waals surface area contributed by atoms with Crippen LogP contribution in [0.3, 0.4) is 0 Å². The number of hydrogen-bond donors (Lipinski definition) is 0. The smallest absolute Gasteiger partial charge is 0.133 e. The van der Waals surface area contributed by atoms with E-state index >= 15 is 0 Å². The van der Waals surface area contributed by atoms with E-state index in [4.69, 9.17) is 0 Å². The van der Waals surface area contributed by atoms with Crippen molar-refractivity contribution in [1.29, 1.82) is 0 Å². The van der Waals surface area contributed by atoms with Gasteiger partial charge in [-0.1, -0.05) is 0 Å². The Morgan fingerprint density at radius 1 is 0.885 bits per heavy atom. The molecule has 0 aromatic rings. The second-order valence-electron chi connectivity index (χ2n) is 8.68. The molecule has 26 heavy (non-hydrogen) atoms. The fourth-order valence-electron chi connectivity index (χ4n) is 4.18. The van der Waals surface area contributed by atoms with E-state index in [1.54, 1.807) is 0 Å². The van der Waals surface area contributed by atoms with Gasteiger partial charge in [0.1, 0.15) is 5.78 Å². The maximum atomic E-state index is 12.6. The van der Waals surface area contributed by atoms with Crippen LogP contribution in [-0.4, -0.2) is 51.2 Å². The lowest BCUT2D eigenvalue weighted by Gasteiger charge is -2.40. The molecule has 0 N–H and O–H groups in total. The average Bonchev–Trinajstić information content (AvgIpc) is 3.52. The highest BCUT2D eigenvalue weighted by Gasteiger charge is 2.41.